The number of rotatable bonds is 1. The first-order valence-corrected chi connectivity index (χ1v) is 5.26. The third-order valence-electron chi connectivity index (χ3n) is 2.78. The second-order valence-corrected chi connectivity index (χ2v) is 4.07. The highest BCUT2D eigenvalue weighted by atomic mass is 16.4. The lowest BCUT2D eigenvalue weighted by Crippen LogP contribution is -2.05. The Balaban J connectivity index is 2.57. The molecule has 82 valence electrons. The Bertz CT molecular complexity index is 562. The van der Waals surface area contributed by atoms with Crippen molar-refractivity contribution in [2.75, 3.05) is 0 Å². The third kappa shape index (κ3) is 1.91. The summed E-state index contributed by atoms with van der Waals surface area (Å²) in [5, 5.41) is 0. The van der Waals surface area contributed by atoms with E-state index in [1.807, 2.05) is 44.2 Å². The van der Waals surface area contributed by atoms with Gasteiger partial charge in [-0.1, -0.05) is 29.8 Å². The van der Waals surface area contributed by atoms with Gasteiger partial charge in [0.05, 0.1) is 0 Å². The number of hydrogen-bond donors (Lipinski definition) is 0. The summed E-state index contributed by atoms with van der Waals surface area (Å²) in [6.45, 7) is 5.73. The molecule has 0 unspecified atom stereocenters. The van der Waals surface area contributed by atoms with Crippen molar-refractivity contribution in [3.8, 4) is 11.3 Å². The lowest BCUT2D eigenvalue weighted by molar-refractivity contribution is 0.518. The molecule has 0 radical (unpaired) electrons. The standard InChI is InChI=1S/C14H14O2/c1-9-4-6-12(7-5-9)13-8-10(2)11(3)14(15)16-13/h4-8H,1-3H3. The maximum absolute atomic E-state index is 11.5. The van der Waals surface area contributed by atoms with Gasteiger partial charge in [-0.05, 0) is 32.4 Å². The van der Waals surface area contributed by atoms with Crippen molar-refractivity contribution in [2.45, 2.75) is 20.8 Å². The fourth-order valence-electron chi connectivity index (χ4n) is 1.53. The molecule has 1 aromatic carbocycles. The van der Waals surface area contributed by atoms with Gasteiger partial charge in [0, 0.05) is 11.1 Å². The molecule has 2 rings (SSSR count). The minimum absolute atomic E-state index is 0.254. The Morgan fingerprint density at radius 1 is 1.00 bits per heavy atom. The van der Waals surface area contributed by atoms with E-state index in [1.54, 1.807) is 6.92 Å². The van der Waals surface area contributed by atoms with Crippen molar-refractivity contribution >= 4 is 0 Å². The Hall–Kier alpha value is -1.83. The molecule has 0 bridgehead atoms. The van der Waals surface area contributed by atoms with Crippen molar-refractivity contribution in [1.29, 1.82) is 0 Å². The third-order valence-corrected chi connectivity index (χ3v) is 2.78. The van der Waals surface area contributed by atoms with Gasteiger partial charge in [-0.2, -0.15) is 0 Å². The summed E-state index contributed by atoms with van der Waals surface area (Å²) in [6.07, 6.45) is 0. The van der Waals surface area contributed by atoms with Crippen LogP contribution in [0, 0.1) is 20.8 Å². The van der Waals surface area contributed by atoms with Crippen molar-refractivity contribution in [3.63, 3.8) is 0 Å². The van der Waals surface area contributed by atoms with E-state index < -0.39 is 0 Å². The van der Waals surface area contributed by atoms with Gasteiger partial charge >= 0.3 is 5.63 Å². The molecule has 0 fully saturated rings. The van der Waals surface area contributed by atoms with Gasteiger partial charge < -0.3 is 4.42 Å². The quantitative estimate of drug-likeness (QED) is 0.729. The van der Waals surface area contributed by atoms with Gasteiger partial charge in [0.1, 0.15) is 5.76 Å². The molecule has 0 saturated heterocycles. The van der Waals surface area contributed by atoms with Crippen LogP contribution in [0.25, 0.3) is 11.3 Å². The minimum Gasteiger partial charge on any atom is -0.423 e. The van der Waals surface area contributed by atoms with Crippen LogP contribution >= 0.6 is 0 Å². The fourth-order valence-corrected chi connectivity index (χ4v) is 1.53. The van der Waals surface area contributed by atoms with E-state index in [0.717, 1.165) is 11.1 Å². The first-order valence-electron chi connectivity index (χ1n) is 5.26. The van der Waals surface area contributed by atoms with Crippen LogP contribution in [0.1, 0.15) is 16.7 Å². The second kappa shape index (κ2) is 3.97. The van der Waals surface area contributed by atoms with Crippen molar-refractivity contribution in [2.24, 2.45) is 0 Å². The molecule has 0 amide bonds. The molecule has 1 heterocycles. The predicted molar refractivity (Wildman–Crippen MR) is 64.6 cm³/mol. The van der Waals surface area contributed by atoms with E-state index in [4.69, 9.17) is 4.42 Å². The molecule has 16 heavy (non-hydrogen) atoms. The molecule has 0 spiro atoms. The van der Waals surface area contributed by atoms with E-state index in [9.17, 15) is 4.79 Å². The Labute approximate surface area is 94.5 Å². The van der Waals surface area contributed by atoms with Crippen LogP contribution in [0.15, 0.2) is 39.5 Å². The molecule has 0 aliphatic carbocycles. The largest absolute Gasteiger partial charge is 0.423 e. The molecule has 0 aliphatic heterocycles. The van der Waals surface area contributed by atoms with Gasteiger partial charge in [-0.25, -0.2) is 4.79 Å². The van der Waals surface area contributed by atoms with E-state index in [-0.39, 0.29) is 5.63 Å². The number of aryl methyl sites for hydroxylation is 2. The zero-order valence-electron chi connectivity index (χ0n) is 9.70. The summed E-state index contributed by atoms with van der Waals surface area (Å²) in [4.78, 5) is 11.5. The monoisotopic (exact) mass is 214 g/mol. The van der Waals surface area contributed by atoms with Crippen molar-refractivity contribution in [1.82, 2.24) is 0 Å². The first-order chi connectivity index (χ1) is 7.58. The zero-order valence-corrected chi connectivity index (χ0v) is 9.70. The van der Waals surface area contributed by atoms with Gasteiger partial charge in [0.2, 0.25) is 0 Å². The van der Waals surface area contributed by atoms with Gasteiger partial charge in [0.25, 0.3) is 0 Å². The Morgan fingerprint density at radius 2 is 1.62 bits per heavy atom. The van der Waals surface area contributed by atoms with Crippen LogP contribution in [0.4, 0.5) is 0 Å². The smallest absolute Gasteiger partial charge is 0.339 e. The second-order valence-electron chi connectivity index (χ2n) is 4.07. The van der Waals surface area contributed by atoms with Gasteiger partial charge in [-0.15, -0.1) is 0 Å². The summed E-state index contributed by atoms with van der Waals surface area (Å²) in [6, 6.07) is 9.83. The zero-order chi connectivity index (χ0) is 11.7. The average molecular weight is 214 g/mol. The van der Waals surface area contributed by atoms with Crippen LogP contribution in [0.3, 0.4) is 0 Å². The van der Waals surface area contributed by atoms with Crippen LogP contribution in [-0.4, -0.2) is 0 Å². The van der Waals surface area contributed by atoms with Crippen LogP contribution < -0.4 is 5.63 Å². The number of hydrogen-bond acceptors (Lipinski definition) is 2. The highest BCUT2D eigenvalue weighted by Gasteiger charge is 2.06. The molecule has 1 aromatic heterocycles. The Kier molecular flexibility index (Phi) is 2.65. The molecule has 2 heteroatoms. The van der Waals surface area contributed by atoms with Crippen LogP contribution in [0.2, 0.25) is 0 Å². The lowest BCUT2D eigenvalue weighted by Gasteiger charge is -2.03. The number of benzene rings is 1. The highest BCUT2D eigenvalue weighted by Crippen LogP contribution is 2.20. The van der Waals surface area contributed by atoms with Crippen molar-refractivity contribution in [3.05, 3.63) is 57.4 Å². The normalized spacial score (nSPS) is 10.4. The first kappa shape index (κ1) is 10.7. The minimum atomic E-state index is -0.254. The summed E-state index contributed by atoms with van der Waals surface area (Å²) < 4.78 is 5.26. The average Bonchev–Trinajstić information content (AvgIpc) is 2.26. The predicted octanol–water partition coefficient (Wildman–Crippen LogP) is 3.23. The van der Waals surface area contributed by atoms with Crippen molar-refractivity contribution < 1.29 is 4.42 Å². The van der Waals surface area contributed by atoms with Crippen LogP contribution in [-0.2, 0) is 0 Å². The summed E-state index contributed by atoms with van der Waals surface area (Å²) >= 11 is 0. The topological polar surface area (TPSA) is 30.2 Å². The van der Waals surface area contributed by atoms with Crippen LogP contribution in [0.5, 0.6) is 0 Å². The lowest BCUT2D eigenvalue weighted by atomic mass is 10.1. The SMILES string of the molecule is Cc1ccc(-c2cc(C)c(C)c(=O)o2)cc1. The molecule has 0 atom stereocenters. The summed E-state index contributed by atoms with van der Waals surface area (Å²) in [5.41, 5.74) is 3.51. The van der Waals surface area contributed by atoms with E-state index in [2.05, 4.69) is 0 Å². The molecular weight excluding hydrogens is 200 g/mol. The molecular formula is C14H14O2. The fraction of sp³-hybridized carbons (Fsp3) is 0.214. The Morgan fingerprint density at radius 3 is 2.19 bits per heavy atom. The summed E-state index contributed by atoms with van der Waals surface area (Å²) in [7, 11) is 0. The van der Waals surface area contributed by atoms with E-state index in [1.165, 1.54) is 5.56 Å². The van der Waals surface area contributed by atoms with Gasteiger partial charge in [0.15, 0.2) is 0 Å². The molecule has 2 aromatic rings. The maximum Gasteiger partial charge on any atom is 0.339 e. The van der Waals surface area contributed by atoms with E-state index >= 15 is 0 Å². The molecule has 0 saturated carbocycles. The molecule has 2 nitrogen and oxygen atoms in total. The maximum atomic E-state index is 11.5. The molecule has 0 N–H and O–H groups in total. The highest BCUT2D eigenvalue weighted by molar-refractivity contribution is 5.58. The molecule has 0 aliphatic rings. The summed E-state index contributed by atoms with van der Waals surface area (Å²) in [5.74, 6) is 0.633. The van der Waals surface area contributed by atoms with E-state index in [0.29, 0.717) is 11.3 Å². The van der Waals surface area contributed by atoms with Gasteiger partial charge in [-0.3, -0.25) is 0 Å².